The number of aryl methyl sites for hydroxylation is 2. The van der Waals surface area contributed by atoms with Gasteiger partial charge in [0.1, 0.15) is 11.4 Å². The molecule has 2 rings (SSSR count). The SMILES string of the molecule is Cc1cc(C)c(CNc2c(NC(C)C(C)(C)C)c(=O)c2=O)c(Cl)c1. The van der Waals surface area contributed by atoms with E-state index in [1.165, 1.54) is 0 Å². The normalized spacial score (nSPS) is 13.1. The van der Waals surface area contributed by atoms with E-state index < -0.39 is 10.9 Å². The maximum Gasteiger partial charge on any atom is 0.253 e. The van der Waals surface area contributed by atoms with Gasteiger partial charge in [-0.15, -0.1) is 0 Å². The lowest BCUT2D eigenvalue weighted by molar-refractivity contribution is 0.359. The molecule has 0 aromatic heterocycles. The predicted molar refractivity (Wildman–Crippen MR) is 102 cm³/mol. The Morgan fingerprint density at radius 1 is 1.08 bits per heavy atom. The van der Waals surface area contributed by atoms with Crippen molar-refractivity contribution < 1.29 is 0 Å². The number of nitrogens with one attached hydrogen (secondary N) is 2. The third kappa shape index (κ3) is 3.64. The third-order valence-corrected chi connectivity index (χ3v) is 4.91. The fraction of sp³-hybridized carbons (Fsp3) is 0.474. The minimum absolute atomic E-state index is 0.0200. The van der Waals surface area contributed by atoms with E-state index in [4.69, 9.17) is 11.6 Å². The van der Waals surface area contributed by atoms with Gasteiger partial charge in [-0.2, -0.15) is 0 Å². The lowest BCUT2D eigenvalue weighted by atomic mass is 9.87. The number of anilines is 2. The van der Waals surface area contributed by atoms with Crippen LogP contribution in [0.2, 0.25) is 5.02 Å². The zero-order chi connectivity index (χ0) is 18.2. The van der Waals surface area contributed by atoms with Crippen LogP contribution in [0.1, 0.15) is 44.4 Å². The average Bonchev–Trinajstić information content (AvgIpc) is 2.46. The molecule has 0 heterocycles. The van der Waals surface area contributed by atoms with Crippen LogP contribution in [0.25, 0.3) is 0 Å². The summed E-state index contributed by atoms with van der Waals surface area (Å²) in [5, 5.41) is 6.92. The molecule has 0 fully saturated rings. The number of halogens is 1. The van der Waals surface area contributed by atoms with Crippen molar-refractivity contribution >= 4 is 23.0 Å². The Morgan fingerprint density at radius 3 is 2.21 bits per heavy atom. The third-order valence-electron chi connectivity index (χ3n) is 4.58. The van der Waals surface area contributed by atoms with Gasteiger partial charge in [0.2, 0.25) is 0 Å². The monoisotopic (exact) mass is 348 g/mol. The van der Waals surface area contributed by atoms with Crippen molar-refractivity contribution in [1.29, 1.82) is 0 Å². The highest BCUT2D eigenvalue weighted by Gasteiger charge is 2.26. The highest BCUT2D eigenvalue weighted by molar-refractivity contribution is 6.31. The Balaban J connectivity index is 2.19. The minimum Gasteiger partial charge on any atom is -0.377 e. The molecule has 0 spiro atoms. The first kappa shape index (κ1) is 18.5. The van der Waals surface area contributed by atoms with Crippen molar-refractivity contribution in [2.24, 2.45) is 5.41 Å². The number of rotatable bonds is 5. The van der Waals surface area contributed by atoms with Crippen LogP contribution in [0.15, 0.2) is 21.7 Å². The first-order chi connectivity index (χ1) is 11.0. The van der Waals surface area contributed by atoms with Crippen molar-refractivity contribution in [3.8, 4) is 0 Å². The predicted octanol–water partition coefficient (Wildman–Crippen LogP) is 4.01. The molecule has 24 heavy (non-hydrogen) atoms. The summed E-state index contributed by atoms with van der Waals surface area (Å²) in [6.07, 6.45) is 0. The lowest BCUT2D eigenvalue weighted by Crippen LogP contribution is -2.42. The van der Waals surface area contributed by atoms with E-state index >= 15 is 0 Å². The molecule has 2 aromatic carbocycles. The molecule has 2 aromatic rings. The molecule has 0 bridgehead atoms. The standard InChI is InChI=1S/C19H25ClN2O2/c1-10-7-11(2)13(14(20)8-10)9-21-15-16(18(24)17(15)23)22-12(3)19(4,5)6/h7-8,12,21-22H,9H2,1-6H3. The summed E-state index contributed by atoms with van der Waals surface area (Å²) in [6, 6.07) is 4.01. The molecule has 5 heteroatoms. The van der Waals surface area contributed by atoms with E-state index in [9.17, 15) is 9.59 Å². The molecule has 0 amide bonds. The van der Waals surface area contributed by atoms with Crippen LogP contribution in [-0.4, -0.2) is 6.04 Å². The summed E-state index contributed by atoms with van der Waals surface area (Å²) >= 11 is 6.30. The zero-order valence-electron chi connectivity index (χ0n) is 15.1. The summed E-state index contributed by atoms with van der Waals surface area (Å²) in [6.45, 7) is 12.6. The van der Waals surface area contributed by atoms with Crippen LogP contribution < -0.4 is 21.5 Å². The highest BCUT2D eigenvalue weighted by Crippen LogP contribution is 2.26. The van der Waals surface area contributed by atoms with Crippen molar-refractivity contribution in [2.75, 3.05) is 10.6 Å². The number of benzene rings is 1. The van der Waals surface area contributed by atoms with Crippen molar-refractivity contribution in [2.45, 2.75) is 54.1 Å². The molecule has 0 aliphatic carbocycles. The average molecular weight is 349 g/mol. The van der Waals surface area contributed by atoms with Crippen molar-refractivity contribution in [3.63, 3.8) is 0 Å². The summed E-state index contributed by atoms with van der Waals surface area (Å²) in [5.74, 6) is 0. The smallest absolute Gasteiger partial charge is 0.253 e. The molecule has 0 aliphatic heterocycles. The molecular weight excluding hydrogens is 324 g/mol. The van der Waals surface area contributed by atoms with E-state index in [-0.39, 0.29) is 11.5 Å². The Morgan fingerprint density at radius 2 is 1.67 bits per heavy atom. The second-order valence-electron chi connectivity index (χ2n) is 7.54. The van der Waals surface area contributed by atoms with Crippen molar-refractivity contribution in [3.05, 3.63) is 54.3 Å². The van der Waals surface area contributed by atoms with Crippen LogP contribution >= 0.6 is 11.6 Å². The van der Waals surface area contributed by atoms with Crippen LogP contribution in [0, 0.1) is 19.3 Å². The van der Waals surface area contributed by atoms with E-state index in [2.05, 4.69) is 31.4 Å². The van der Waals surface area contributed by atoms with Gasteiger partial charge in [-0.25, -0.2) is 0 Å². The van der Waals surface area contributed by atoms with Crippen LogP contribution in [-0.2, 0) is 6.54 Å². The summed E-state index contributed by atoms with van der Waals surface area (Å²) < 4.78 is 0. The lowest BCUT2D eigenvalue weighted by Gasteiger charge is -2.30. The van der Waals surface area contributed by atoms with Gasteiger partial charge in [0.05, 0.1) is 0 Å². The Kier molecular flexibility index (Phi) is 5.09. The van der Waals surface area contributed by atoms with Crippen molar-refractivity contribution in [1.82, 2.24) is 0 Å². The Labute approximate surface area is 147 Å². The van der Waals surface area contributed by atoms with E-state index in [1.54, 1.807) is 0 Å². The molecule has 0 saturated heterocycles. The molecule has 1 unspecified atom stereocenters. The molecule has 0 aliphatic rings. The van der Waals surface area contributed by atoms with Gasteiger partial charge >= 0.3 is 0 Å². The van der Waals surface area contributed by atoms with Gasteiger partial charge in [0.15, 0.2) is 0 Å². The first-order valence-corrected chi connectivity index (χ1v) is 8.49. The largest absolute Gasteiger partial charge is 0.377 e. The summed E-state index contributed by atoms with van der Waals surface area (Å²) in [4.78, 5) is 23.8. The molecule has 0 radical (unpaired) electrons. The highest BCUT2D eigenvalue weighted by atomic mass is 35.5. The molecule has 1 atom stereocenters. The Bertz CT molecular complexity index is 804. The molecule has 4 nitrogen and oxygen atoms in total. The zero-order valence-corrected chi connectivity index (χ0v) is 15.9. The summed E-state index contributed by atoms with van der Waals surface area (Å²) in [5.41, 5.74) is 2.87. The molecular formula is C19H25ClN2O2. The van der Waals surface area contributed by atoms with E-state index in [0.717, 1.165) is 16.7 Å². The summed E-state index contributed by atoms with van der Waals surface area (Å²) in [7, 11) is 0. The quantitative estimate of drug-likeness (QED) is 0.801. The van der Waals surface area contributed by atoms with E-state index in [0.29, 0.717) is 22.9 Å². The van der Waals surface area contributed by atoms with Gasteiger partial charge in [0.25, 0.3) is 10.9 Å². The number of hydrogen-bond acceptors (Lipinski definition) is 4. The van der Waals surface area contributed by atoms with Gasteiger partial charge in [0, 0.05) is 17.6 Å². The molecule has 130 valence electrons. The van der Waals surface area contributed by atoms with E-state index in [1.807, 2.05) is 32.9 Å². The second kappa shape index (κ2) is 6.60. The van der Waals surface area contributed by atoms with Gasteiger partial charge < -0.3 is 10.6 Å². The first-order valence-electron chi connectivity index (χ1n) is 8.11. The molecule has 0 saturated carbocycles. The maximum atomic E-state index is 11.9. The van der Waals surface area contributed by atoms with Crippen LogP contribution in [0.3, 0.4) is 0 Å². The fourth-order valence-electron chi connectivity index (χ4n) is 2.48. The minimum atomic E-state index is -0.473. The Hall–Kier alpha value is -1.81. The van der Waals surface area contributed by atoms with Crippen LogP contribution in [0.5, 0.6) is 0 Å². The second-order valence-corrected chi connectivity index (χ2v) is 7.94. The van der Waals surface area contributed by atoms with Crippen LogP contribution in [0.4, 0.5) is 11.4 Å². The topological polar surface area (TPSA) is 58.2 Å². The number of hydrogen-bond donors (Lipinski definition) is 2. The molecule has 2 N–H and O–H groups in total. The van der Waals surface area contributed by atoms with Gasteiger partial charge in [-0.05, 0) is 48.9 Å². The fourth-order valence-corrected chi connectivity index (χ4v) is 2.87. The van der Waals surface area contributed by atoms with Gasteiger partial charge in [-0.1, -0.05) is 38.4 Å². The maximum absolute atomic E-state index is 11.9. The van der Waals surface area contributed by atoms with Gasteiger partial charge in [-0.3, -0.25) is 9.59 Å².